The van der Waals surface area contributed by atoms with E-state index in [0.29, 0.717) is 18.4 Å². The molecule has 0 bridgehead atoms. The number of hydrogen-bond donors (Lipinski definition) is 1. The van der Waals surface area contributed by atoms with Gasteiger partial charge in [-0.2, -0.15) is 0 Å². The Labute approximate surface area is 102 Å². The largest absolute Gasteiger partial charge is 0.464 e. The molecular weight excluding hydrogens is 218 g/mol. The van der Waals surface area contributed by atoms with Crippen LogP contribution in [-0.4, -0.2) is 24.5 Å². The molecule has 1 N–H and O–H groups in total. The fourth-order valence-electron chi connectivity index (χ4n) is 2.01. The minimum Gasteiger partial charge on any atom is -0.464 e. The van der Waals surface area contributed by atoms with E-state index in [4.69, 9.17) is 4.74 Å². The summed E-state index contributed by atoms with van der Waals surface area (Å²) in [6.07, 6.45) is 4.17. The zero-order valence-corrected chi connectivity index (χ0v) is 10.6. The Morgan fingerprint density at radius 3 is 2.53 bits per heavy atom. The second kappa shape index (κ2) is 5.07. The van der Waals surface area contributed by atoms with Crippen molar-refractivity contribution in [3.05, 3.63) is 0 Å². The van der Waals surface area contributed by atoms with Crippen molar-refractivity contribution < 1.29 is 14.3 Å². The first-order valence-electron chi connectivity index (χ1n) is 6.55. The van der Waals surface area contributed by atoms with Gasteiger partial charge < -0.3 is 10.1 Å². The Balaban J connectivity index is 1.65. The van der Waals surface area contributed by atoms with Crippen molar-refractivity contribution in [2.45, 2.75) is 45.6 Å². The predicted octanol–water partition coefficient (Wildman–Crippen LogP) is 1.49. The molecule has 17 heavy (non-hydrogen) atoms. The summed E-state index contributed by atoms with van der Waals surface area (Å²) in [6.45, 7) is 4.35. The van der Waals surface area contributed by atoms with Crippen molar-refractivity contribution in [1.29, 1.82) is 0 Å². The van der Waals surface area contributed by atoms with E-state index in [2.05, 4.69) is 12.2 Å². The molecule has 0 aromatic carbocycles. The molecule has 96 valence electrons. The van der Waals surface area contributed by atoms with Gasteiger partial charge >= 0.3 is 5.97 Å². The highest BCUT2D eigenvalue weighted by Gasteiger charge is 2.34. The number of hydrogen-bond acceptors (Lipinski definition) is 3. The van der Waals surface area contributed by atoms with Crippen molar-refractivity contribution in [3.63, 3.8) is 0 Å². The Morgan fingerprint density at radius 1 is 1.41 bits per heavy atom. The second-order valence-corrected chi connectivity index (χ2v) is 5.46. The third kappa shape index (κ3) is 3.20. The van der Waals surface area contributed by atoms with Crippen molar-refractivity contribution >= 4 is 11.9 Å². The van der Waals surface area contributed by atoms with E-state index >= 15 is 0 Å². The summed E-state index contributed by atoms with van der Waals surface area (Å²) in [4.78, 5) is 23.2. The van der Waals surface area contributed by atoms with Crippen LogP contribution in [0.15, 0.2) is 0 Å². The Bertz CT molecular complexity index is 312. The van der Waals surface area contributed by atoms with Gasteiger partial charge in [-0.3, -0.25) is 4.79 Å². The van der Waals surface area contributed by atoms with Crippen molar-refractivity contribution in [2.24, 2.45) is 17.8 Å². The maximum Gasteiger partial charge on any atom is 0.328 e. The molecule has 0 aliphatic heterocycles. The molecule has 0 heterocycles. The molecule has 0 aromatic heterocycles. The number of esters is 1. The van der Waals surface area contributed by atoms with Gasteiger partial charge in [-0.25, -0.2) is 4.79 Å². The van der Waals surface area contributed by atoms with Gasteiger partial charge in [0.1, 0.15) is 6.04 Å². The van der Waals surface area contributed by atoms with Gasteiger partial charge in [0.15, 0.2) is 0 Å². The molecule has 4 nitrogen and oxygen atoms in total. The third-order valence-corrected chi connectivity index (χ3v) is 3.90. The number of rotatable bonds is 5. The molecule has 2 rings (SSSR count). The smallest absolute Gasteiger partial charge is 0.328 e. The zero-order chi connectivity index (χ0) is 12.4. The lowest BCUT2D eigenvalue weighted by Crippen LogP contribution is -2.44. The lowest BCUT2D eigenvalue weighted by molar-refractivity contribution is -0.148. The molecule has 1 amide bonds. The van der Waals surface area contributed by atoms with Crippen LogP contribution in [0.25, 0.3) is 0 Å². The van der Waals surface area contributed by atoms with Gasteiger partial charge in [-0.1, -0.05) is 13.3 Å². The molecule has 4 heteroatoms. The van der Waals surface area contributed by atoms with Crippen LogP contribution in [-0.2, 0) is 14.3 Å². The SMILES string of the molecule is C[C@H](NC(=O)C1CCC1)C(=O)OC[C@@H]1C[C@@H]1C. The van der Waals surface area contributed by atoms with Gasteiger partial charge in [0.25, 0.3) is 0 Å². The summed E-state index contributed by atoms with van der Waals surface area (Å²) in [5.41, 5.74) is 0. The van der Waals surface area contributed by atoms with Gasteiger partial charge in [-0.15, -0.1) is 0 Å². The summed E-state index contributed by atoms with van der Waals surface area (Å²) in [5.74, 6) is 1.03. The van der Waals surface area contributed by atoms with Crippen LogP contribution in [0.4, 0.5) is 0 Å². The minimum atomic E-state index is -0.517. The fourth-order valence-corrected chi connectivity index (χ4v) is 2.01. The molecule has 0 aromatic rings. The first-order valence-corrected chi connectivity index (χ1v) is 6.55. The maximum atomic E-state index is 11.6. The van der Waals surface area contributed by atoms with E-state index < -0.39 is 6.04 Å². The quantitative estimate of drug-likeness (QED) is 0.739. The summed E-state index contributed by atoms with van der Waals surface area (Å²) < 4.78 is 5.18. The normalized spacial score (nSPS) is 29.1. The number of nitrogens with one attached hydrogen (secondary N) is 1. The molecule has 0 unspecified atom stereocenters. The van der Waals surface area contributed by atoms with E-state index in [1.54, 1.807) is 6.92 Å². The van der Waals surface area contributed by atoms with E-state index in [1.165, 1.54) is 0 Å². The lowest BCUT2D eigenvalue weighted by Gasteiger charge is -2.25. The number of ether oxygens (including phenoxy) is 1. The van der Waals surface area contributed by atoms with Crippen LogP contribution in [0.2, 0.25) is 0 Å². The van der Waals surface area contributed by atoms with Crippen LogP contribution in [0, 0.1) is 17.8 Å². The average Bonchev–Trinajstić information content (AvgIpc) is 2.88. The van der Waals surface area contributed by atoms with E-state index in [-0.39, 0.29) is 17.8 Å². The van der Waals surface area contributed by atoms with Gasteiger partial charge in [-0.05, 0) is 38.0 Å². The summed E-state index contributed by atoms with van der Waals surface area (Å²) in [6, 6.07) is -0.517. The third-order valence-electron chi connectivity index (χ3n) is 3.90. The highest BCUT2D eigenvalue weighted by molar-refractivity contribution is 5.85. The number of amides is 1. The van der Waals surface area contributed by atoms with Gasteiger partial charge in [0, 0.05) is 5.92 Å². The summed E-state index contributed by atoms with van der Waals surface area (Å²) in [5, 5.41) is 2.72. The molecule has 0 radical (unpaired) electrons. The monoisotopic (exact) mass is 239 g/mol. The molecular formula is C13H21NO3. The highest BCUT2D eigenvalue weighted by atomic mass is 16.5. The minimum absolute atomic E-state index is 0.000454. The van der Waals surface area contributed by atoms with Gasteiger partial charge in [0.2, 0.25) is 5.91 Å². The average molecular weight is 239 g/mol. The van der Waals surface area contributed by atoms with E-state index in [1.807, 2.05) is 0 Å². The first kappa shape index (κ1) is 12.4. The topological polar surface area (TPSA) is 55.4 Å². The molecule has 3 atom stereocenters. The molecule has 2 aliphatic rings. The lowest BCUT2D eigenvalue weighted by atomic mass is 9.84. The van der Waals surface area contributed by atoms with Crippen LogP contribution in [0.5, 0.6) is 0 Å². The Morgan fingerprint density at radius 2 is 2.06 bits per heavy atom. The van der Waals surface area contributed by atoms with E-state index in [0.717, 1.165) is 25.7 Å². The number of carbonyl (C=O) groups excluding carboxylic acids is 2. The Hall–Kier alpha value is -1.06. The van der Waals surface area contributed by atoms with Crippen LogP contribution < -0.4 is 5.32 Å². The second-order valence-electron chi connectivity index (χ2n) is 5.46. The molecule has 2 fully saturated rings. The van der Waals surface area contributed by atoms with Crippen molar-refractivity contribution in [2.75, 3.05) is 6.61 Å². The highest BCUT2D eigenvalue weighted by Crippen LogP contribution is 2.37. The summed E-state index contributed by atoms with van der Waals surface area (Å²) in [7, 11) is 0. The van der Waals surface area contributed by atoms with Crippen LogP contribution in [0.3, 0.4) is 0 Å². The van der Waals surface area contributed by atoms with Gasteiger partial charge in [0.05, 0.1) is 6.61 Å². The Kier molecular flexibility index (Phi) is 3.69. The number of carbonyl (C=O) groups is 2. The van der Waals surface area contributed by atoms with Crippen molar-refractivity contribution in [3.8, 4) is 0 Å². The zero-order valence-electron chi connectivity index (χ0n) is 10.6. The van der Waals surface area contributed by atoms with Crippen LogP contribution in [0.1, 0.15) is 39.5 Å². The standard InChI is InChI=1S/C13H21NO3/c1-8-6-11(8)7-17-13(16)9(2)14-12(15)10-4-3-5-10/h8-11H,3-7H2,1-2H3,(H,14,15)/t8-,9-,11-/m0/s1. The molecule has 2 saturated carbocycles. The molecule has 0 spiro atoms. The van der Waals surface area contributed by atoms with Crippen molar-refractivity contribution in [1.82, 2.24) is 5.32 Å². The van der Waals surface area contributed by atoms with Crippen LogP contribution >= 0.6 is 0 Å². The fraction of sp³-hybridized carbons (Fsp3) is 0.846. The summed E-state index contributed by atoms with van der Waals surface area (Å²) >= 11 is 0. The molecule has 0 saturated heterocycles. The molecule has 2 aliphatic carbocycles. The van der Waals surface area contributed by atoms with E-state index in [9.17, 15) is 9.59 Å². The maximum absolute atomic E-state index is 11.6. The predicted molar refractivity (Wildman–Crippen MR) is 63.2 cm³/mol. The first-order chi connectivity index (χ1) is 8.08.